The molecule has 0 aliphatic carbocycles. The molecule has 1 atom stereocenters. The van der Waals surface area contributed by atoms with Crippen LogP contribution >= 0.6 is 0 Å². The van der Waals surface area contributed by atoms with Crippen LogP contribution in [0.5, 0.6) is 0 Å². The van der Waals surface area contributed by atoms with Crippen molar-refractivity contribution in [3.63, 3.8) is 0 Å². The molecule has 1 aliphatic rings. The summed E-state index contributed by atoms with van der Waals surface area (Å²) in [4.78, 5) is 34.6. The van der Waals surface area contributed by atoms with Gasteiger partial charge in [0.2, 0.25) is 11.8 Å². The Balaban J connectivity index is 2.43. The molecule has 0 aromatic rings. The molecule has 1 rings (SSSR count). The van der Waals surface area contributed by atoms with Gasteiger partial charge in [0, 0.05) is 20.0 Å². The molecule has 1 N–H and O–H groups in total. The zero-order chi connectivity index (χ0) is 15.7. The van der Waals surface area contributed by atoms with Gasteiger partial charge in [-0.15, -0.1) is 0 Å². The number of carboxylic acid groups (broad SMARTS) is 1. The van der Waals surface area contributed by atoms with Crippen LogP contribution < -0.4 is 0 Å². The predicted molar refractivity (Wildman–Crippen MR) is 67.5 cm³/mol. The van der Waals surface area contributed by atoms with Gasteiger partial charge in [0.1, 0.15) is 6.61 Å². The Labute approximate surface area is 121 Å². The highest BCUT2D eigenvalue weighted by Gasteiger charge is 2.36. The molecule has 0 aromatic carbocycles. The fourth-order valence-electron chi connectivity index (χ4n) is 1.74. The van der Waals surface area contributed by atoms with Crippen LogP contribution in [-0.2, 0) is 28.5 Å². The van der Waals surface area contributed by atoms with Crippen molar-refractivity contribution >= 4 is 18.0 Å². The molecule has 2 amide bonds. The van der Waals surface area contributed by atoms with Gasteiger partial charge in [-0.1, -0.05) is 0 Å². The van der Waals surface area contributed by atoms with Gasteiger partial charge >= 0.3 is 6.16 Å². The van der Waals surface area contributed by atoms with Crippen LogP contribution in [0.2, 0.25) is 0 Å². The fourth-order valence-corrected chi connectivity index (χ4v) is 1.74. The Morgan fingerprint density at radius 3 is 2.38 bits per heavy atom. The Morgan fingerprint density at radius 2 is 1.81 bits per heavy atom. The molecule has 1 saturated heterocycles. The SMILES string of the molecule is COCCOCCOC(COC(=O)O)N1C(=O)CCC1=O. The van der Waals surface area contributed by atoms with E-state index >= 15 is 0 Å². The average molecular weight is 305 g/mol. The molecule has 0 saturated carbocycles. The van der Waals surface area contributed by atoms with Gasteiger partial charge in [0.25, 0.3) is 0 Å². The minimum atomic E-state index is -1.50. The minimum absolute atomic E-state index is 0.0917. The molecular formula is C12H19NO8. The summed E-state index contributed by atoms with van der Waals surface area (Å²) in [5.74, 6) is -0.807. The Kier molecular flexibility index (Phi) is 7.65. The standard InChI is InChI=1S/C12H19NO8/c1-18-4-5-19-6-7-20-11(8-21-12(16)17)13-9(14)2-3-10(13)15/h11H,2-8H2,1H3,(H,16,17). The largest absolute Gasteiger partial charge is 0.505 e. The van der Waals surface area contributed by atoms with Gasteiger partial charge in [0.15, 0.2) is 6.23 Å². The van der Waals surface area contributed by atoms with E-state index in [9.17, 15) is 14.4 Å². The Morgan fingerprint density at radius 1 is 1.19 bits per heavy atom. The van der Waals surface area contributed by atoms with E-state index in [0.29, 0.717) is 13.2 Å². The van der Waals surface area contributed by atoms with Gasteiger partial charge in [-0.25, -0.2) is 4.79 Å². The van der Waals surface area contributed by atoms with Crippen molar-refractivity contribution in [3.8, 4) is 0 Å². The number of likely N-dealkylation sites (tertiary alicyclic amines) is 1. The first-order valence-corrected chi connectivity index (χ1v) is 6.45. The fraction of sp³-hybridized carbons (Fsp3) is 0.750. The summed E-state index contributed by atoms with van der Waals surface area (Å²) in [5, 5.41) is 8.50. The number of amides is 2. The summed E-state index contributed by atoms with van der Waals surface area (Å²) < 4.78 is 19.7. The molecule has 1 aliphatic heterocycles. The summed E-state index contributed by atoms with van der Waals surface area (Å²) in [6.45, 7) is 0.717. The second-order valence-electron chi connectivity index (χ2n) is 4.17. The summed E-state index contributed by atoms with van der Waals surface area (Å²) in [6.07, 6.45) is -2.37. The van der Waals surface area contributed by atoms with Crippen LogP contribution in [0, 0.1) is 0 Å². The third-order valence-corrected chi connectivity index (χ3v) is 2.70. The topological polar surface area (TPSA) is 112 Å². The first-order chi connectivity index (χ1) is 10.1. The lowest BCUT2D eigenvalue weighted by Gasteiger charge is -2.25. The summed E-state index contributed by atoms with van der Waals surface area (Å²) >= 11 is 0. The number of methoxy groups -OCH3 is 1. The van der Waals surface area contributed by atoms with Crippen molar-refractivity contribution in [1.82, 2.24) is 4.90 Å². The van der Waals surface area contributed by atoms with Gasteiger partial charge in [-0.05, 0) is 0 Å². The maximum Gasteiger partial charge on any atom is 0.505 e. The van der Waals surface area contributed by atoms with E-state index in [1.807, 2.05) is 0 Å². The third kappa shape index (κ3) is 6.06. The summed E-state index contributed by atoms with van der Waals surface area (Å²) in [5.41, 5.74) is 0. The number of carbonyl (C=O) groups excluding carboxylic acids is 2. The second-order valence-corrected chi connectivity index (χ2v) is 4.17. The van der Waals surface area contributed by atoms with E-state index < -0.39 is 30.8 Å². The molecule has 1 fully saturated rings. The number of nitrogens with zero attached hydrogens (tertiary/aromatic N) is 1. The van der Waals surface area contributed by atoms with Crippen molar-refractivity contribution < 1.29 is 38.4 Å². The number of hydrogen-bond acceptors (Lipinski definition) is 7. The van der Waals surface area contributed by atoms with E-state index in [1.54, 1.807) is 7.11 Å². The average Bonchev–Trinajstić information content (AvgIpc) is 2.77. The van der Waals surface area contributed by atoms with E-state index in [4.69, 9.17) is 19.3 Å². The zero-order valence-corrected chi connectivity index (χ0v) is 11.8. The summed E-state index contributed by atoms with van der Waals surface area (Å²) in [6, 6.07) is 0. The van der Waals surface area contributed by atoms with Crippen LogP contribution in [0.15, 0.2) is 0 Å². The smallest absolute Gasteiger partial charge is 0.450 e. The van der Waals surface area contributed by atoms with Crippen molar-refractivity contribution in [2.45, 2.75) is 19.1 Å². The maximum absolute atomic E-state index is 11.6. The van der Waals surface area contributed by atoms with Crippen LogP contribution in [0.25, 0.3) is 0 Å². The number of ether oxygens (including phenoxy) is 4. The molecule has 1 unspecified atom stereocenters. The Hall–Kier alpha value is -1.71. The monoisotopic (exact) mass is 305 g/mol. The lowest BCUT2D eigenvalue weighted by molar-refractivity contribution is -0.160. The van der Waals surface area contributed by atoms with E-state index in [0.717, 1.165) is 4.90 Å². The maximum atomic E-state index is 11.6. The van der Waals surface area contributed by atoms with Gasteiger partial charge in [-0.2, -0.15) is 0 Å². The molecule has 9 nitrogen and oxygen atoms in total. The van der Waals surface area contributed by atoms with Gasteiger partial charge in [0.05, 0.1) is 26.4 Å². The highest BCUT2D eigenvalue weighted by Crippen LogP contribution is 2.16. The molecule has 0 radical (unpaired) electrons. The highest BCUT2D eigenvalue weighted by molar-refractivity contribution is 6.02. The number of imide groups is 1. The van der Waals surface area contributed by atoms with Crippen molar-refractivity contribution in [1.29, 1.82) is 0 Å². The molecule has 0 bridgehead atoms. The summed E-state index contributed by atoms with van der Waals surface area (Å²) in [7, 11) is 1.55. The predicted octanol–water partition coefficient (Wildman–Crippen LogP) is -0.164. The van der Waals surface area contributed by atoms with Gasteiger partial charge < -0.3 is 24.1 Å². The molecule has 1 heterocycles. The van der Waals surface area contributed by atoms with Crippen LogP contribution in [-0.4, -0.2) is 74.3 Å². The molecule has 0 aromatic heterocycles. The second kappa shape index (κ2) is 9.27. The molecule has 9 heteroatoms. The Bertz CT molecular complexity index is 356. The number of rotatable bonds is 10. The zero-order valence-electron chi connectivity index (χ0n) is 11.8. The quantitative estimate of drug-likeness (QED) is 0.336. The minimum Gasteiger partial charge on any atom is -0.450 e. The van der Waals surface area contributed by atoms with Crippen molar-refractivity contribution in [2.24, 2.45) is 0 Å². The lowest BCUT2D eigenvalue weighted by Crippen LogP contribution is -2.44. The molecular weight excluding hydrogens is 286 g/mol. The van der Waals surface area contributed by atoms with E-state index in [2.05, 4.69) is 4.74 Å². The van der Waals surface area contributed by atoms with E-state index in [-0.39, 0.29) is 26.1 Å². The van der Waals surface area contributed by atoms with Crippen molar-refractivity contribution in [3.05, 3.63) is 0 Å². The number of hydrogen-bond donors (Lipinski definition) is 1. The molecule has 0 spiro atoms. The van der Waals surface area contributed by atoms with Crippen LogP contribution in [0.1, 0.15) is 12.8 Å². The molecule has 21 heavy (non-hydrogen) atoms. The first kappa shape index (κ1) is 17.3. The van der Waals surface area contributed by atoms with E-state index in [1.165, 1.54) is 0 Å². The molecule has 120 valence electrons. The third-order valence-electron chi connectivity index (χ3n) is 2.70. The highest BCUT2D eigenvalue weighted by atomic mass is 16.7. The van der Waals surface area contributed by atoms with Crippen LogP contribution in [0.3, 0.4) is 0 Å². The van der Waals surface area contributed by atoms with Gasteiger partial charge in [-0.3, -0.25) is 14.5 Å². The first-order valence-electron chi connectivity index (χ1n) is 6.45. The normalized spacial score (nSPS) is 16.3. The number of carbonyl (C=O) groups is 3. The van der Waals surface area contributed by atoms with Crippen molar-refractivity contribution in [2.75, 3.05) is 40.1 Å². The lowest BCUT2D eigenvalue weighted by atomic mass is 10.4. The van der Waals surface area contributed by atoms with Crippen LogP contribution in [0.4, 0.5) is 4.79 Å².